The zero-order chi connectivity index (χ0) is 24.3. The van der Waals surface area contributed by atoms with Gasteiger partial charge in [-0.25, -0.2) is 9.18 Å². The number of amides is 2. The minimum Gasteiger partial charge on any atom is -0.389 e. The van der Waals surface area contributed by atoms with Crippen molar-refractivity contribution in [3.63, 3.8) is 0 Å². The van der Waals surface area contributed by atoms with Crippen molar-refractivity contribution in [1.82, 2.24) is 29.9 Å². The van der Waals surface area contributed by atoms with Crippen LogP contribution in [-0.2, 0) is 6.54 Å². The molecule has 0 unspecified atom stereocenters. The van der Waals surface area contributed by atoms with E-state index in [4.69, 9.17) is 0 Å². The number of carbonyl (C=O) groups excluding carboxylic acids is 1. The highest BCUT2D eigenvalue weighted by molar-refractivity contribution is 5.94. The molecule has 1 atom stereocenters. The number of halogens is 1. The van der Waals surface area contributed by atoms with E-state index >= 15 is 0 Å². The molecular weight excluding hydrogens is 437 g/mol. The fourth-order valence-electron chi connectivity index (χ4n) is 5.05. The van der Waals surface area contributed by atoms with Gasteiger partial charge in [0.25, 0.3) is 0 Å². The second-order valence-electron chi connectivity index (χ2n) is 10.8. The van der Waals surface area contributed by atoms with E-state index in [9.17, 15) is 14.3 Å². The van der Waals surface area contributed by atoms with Crippen molar-refractivity contribution in [2.24, 2.45) is 5.92 Å². The first-order valence-electron chi connectivity index (χ1n) is 11.8. The van der Waals surface area contributed by atoms with E-state index in [1.165, 1.54) is 13.8 Å². The number of H-pyrrole nitrogens is 1. The number of aromatic nitrogens is 5. The highest BCUT2D eigenvalue weighted by Crippen LogP contribution is 2.53. The molecule has 1 aliphatic heterocycles. The van der Waals surface area contributed by atoms with Gasteiger partial charge in [0.1, 0.15) is 11.4 Å². The Morgan fingerprint density at radius 2 is 2.06 bits per heavy atom. The van der Waals surface area contributed by atoms with Crippen molar-refractivity contribution < 1.29 is 14.3 Å². The molecule has 3 aromatic rings. The lowest BCUT2D eigenvalue weighted by molar-refractivity contribution is -0.0728. The first-order chi connectivity index (χ1) is 16.0. The quantitative estimate of drug-likeness (QED) is 0.520. The molecule has 3 N–H and O–H groups in total. The number of urea groups is 1. The Morgan fingerprint density at radius 3 is 2.74 bits per heavy atom. The van der Waals surface area contributed by atoms with Crippen molar-refractivity contribution in [2.75, 3.05) is 11.9 Å². The van der Waals surface area contributed by atoms with Crippen LogP contribution in [0.15, 0.2) is 24.7 Å². The van der Waals surface area contributed by atoms with Gasteiger partial charge in [-0.05, 0) is 51.5 Å². The van der Waals surface area contributed by atoms with E-state index in [2.05, 4.69) is 25.6 Å². The second kappa shape index (κ2) is 7.76. The van der Waals surface area contributed by atoms with Gasteiger partial charge in [0, 0.05) is 23.7 Å². The molecule has 1 saturated carbocycles. The van der Waals surface area contributed by atoms with E-state index in [-0.39, 0.29) is 24.0 Å². The molecule has 2 aliphatic rings. The number of hydrogen-bond donors (Lipinski definition) is 3. The van der Waals surface area contributed by atoms with Gasteiger partial charge in [-0.1, -0.05) is 13.8 Å². The van der Waals surface area contributed by atoms with Crippen molar-refractivity contribution >= 4 is 22.6 Å². The molecule has 1 aliphatic carbocycles. The number of aliphatic hydroxyl groups is 1. The number of rotatable bonds is 5. The predicted molar refractivity (Wildman–Crippen MR) is 127 cm³/mol. The van der Waals surface area contributed by atoms with E-state index in [0.29, 0.717) is 36.5 Å². The predicted octanol–water partition coefficient (Wildman–Crippen LogP) is 4.12. The molecule has 0 aromatic carbocycles. The van der Waals surface area contributed by atoms with Gasteiger partial charge in [0.05, 0.1) is 41.4 Å². The monoisotopic (exact) mass is 469 g/mol. The van der Waals surface area contributed by atoms with Crippen LogP contribution in [-0.4, -0.2) is 64.4 Å². The highest BCUT2D eigenvalue weighted by Gasteiger charge is 2.58. The van der Waals surface area contributed by atoms with Gasteiger partial charge < -0.3 is 15.3 Å². The maximum Gasteiger partial charge on any atom is 0.322 e. The molecule has 1 spiro atoms. The molecule has 2 amide bonds. The summed E-state index contributed by atoms with van der Waals surface area (Å²) in [5, 5.41) is 26.2. The summed E-state index contributed by atoms with van der Waals surface area (Å²) in [6.45, 7) is 7.73. The molecule has 0 radical (unpaired) electrons. The molecular formula is C24H32FN7O2. The van der Waals surface area contributed by atoms with Crippen molar-refractivity contribution in [2.45, 2.75) is 76.7 Å². The Kier molecular flexibility index (Phi) is 5.20. The highest BCUT2D eigenvalue weighted by atomic mass is 19.1. The van der Waals surface area contributed by atoms with Gasteiger partial charge in [-0.15, -0.1) is 0 Å². The van der Waals surface area contributed by atoms with Gasteiger partial charge >= 0.3 is 6.03 Å². The summed E-state index contributed by atoms with van der Waals surface area (Å²) in [4.78, 5) is 19.7. The smallest absolute Gasteiger partial charge is 0.322 e. The standard InChI is InChI=1S/C24H32FN7O2/c1-15(2)24(34)7-8-31(23(13-24)5-6-23)21(33)29-18-12-27-30-20(18)17-9-19-16(10-26-17)11-28-32(19)14-22(3,4)25/h9-12,15,34H,5-8,13-14H2,1-4H3,(H,27,30)(H,29,33)/t24-/m0/s1. The van der Waals surface area contributed by atoms with Crippen LogP contribution in [0.1, 0.15) is 53.4 Å². The Hall–Kier alpha value is -3.01. The Labute approximate surface area is 197 Å². The molecule has 10 heteroatoms. The fraction of sp³-hybridized carbons (Fsp3) is 0.583. The molecule has 2 fully saturated rings. The van der Waals surface area contributed by atoms with Crippen LogP contribution in [0.25, 0.3) is 22.3 Å². The number of hydrogen-bond acceptors (Lipinski definition) is 5. The number of piperidine rings is 1. The number of aromatic amines is 1. The van der Waals surface area contributed by atoms with Gasteiger partial charge in [-0.3, -0.25) is 14.8 Å². The molecule has 1 saturated heterocycles. The number of carbonyl (C=O) groups is 1. The average Bonchev–Trinajstić information content (AvgIpc) is 3.17. The van der Waals surface area contributed by atoms with Gasteiger partial charge in [0.15, 0.2) is 0 Å². The first kappa shape index (κ1) is 22.8. The SMILES string of the molecule is CC(C)[C@]1(O)CCN(C(=O)Nc2cn[nH]c2-c2cc3c(cn2)cnn3CC(C)(C)F)C2(CC2)C1. The second-order valence-corrected chi connectivity index (χ2v) is 10.8. The summed E-state index contributed by atoms with van der Waals surface area (Å²) in [5.41, 5.74) is 0.0109. The first-order valence-corrected chi connectivity index (χ1v) is 11.8. The van der Waals surface area contributed by atoms with Crippen LogP contribution in [0.4, 0.5) is 14.9 Å². The maximum absolute atomic E-state index is 14.2. The van der Waals surface area contributed by atoms with E-state index < -0.39 is 11.3 Å². The molecule has 34 heavy (non-hydrogen) atoms. The summed E-state index contributed by atoms with van der Waals surface area (Å²) in [5.74, 6) is 0.146. The third kappa shape index (κ3) is 4.04. The third-order valence-corrected chi connectivity index (χ3v) is 7.31. The minimum atomic E-state index is -1.41. The minimum absolute atomic E-state index is 0.117. The third-order valence-electron chi connectivity index (χ3n) is 7.31. The summed E-state index contributed by atoms with van der Waals surface area (Å²) in [6, 6.07) is 1.62. The van der Waals surface area contributed by atoms with E-state index in [1.807, 2.05) is 24.8 Å². The number of fused-ring (bicyclic) bond motifs is 1. The number of anilines is 1. The van der Waals surface area contributed by atoms with Crippen LogP contribution in [0.3, 0.4) is 0 Å². The summed E-state index contributed by atoms with van der Waals surface area (Å²) in [6.07, 6.45) is 7.89. The lowest BCUT2D eigenvalue weighted by atomic mass is 9.77. The number of pyridine rings is 1. The van der Waals surface area contributed by atoms with Crippen molar-refractivity contribution in [1.29, 1.82) is 0 Å². The topological polar surface area (TPSA) is 112 Å². The number of alkyl halides is 1. The Bertz CT molecular complexity index is 1220. The Balaban J connectivity index is 1.38. The molecule has 0 bridgehead atoms. The molecule has 9 nitrogen and oxygen atoms in total. The van der Waals surface area contributed by atoms with Gasteiger partial charge in [-0.2, -0.15) is 10.2 Å². The normalized spacial score (nSPS) is 22.0. The Morgan fingerprint density at radius 1 is 1.29 bits per heavy atom. The largest absolute Gasteiger partial charge is 0.389 e. The summed E-state index contributed by atoms with van der Waals surface area (Å²) in [7, 11) is 0. The molecule has 182 valence electrons. The zero-order valence-electron chi connectivity index (χ0n) is 20.1. The fourth-order valence-corrected chi connectivity index (χ4v) is 5.05. The van der Waals surface area contributed by atoms with Crippen LogP contribution in [0.2, 0.25) is 0 Å². The number of nitrogens with zero attached hydrogens (tertiary/aromatic N) is 5. The average molecular weight is 470 g/mol. The van der Waals surface area contributed by atoms with Crippen molar-refractivity contribution in [3.8, 4) is 11.4 Å². The lowest BCUT2D eigenvalue weighted by Crippen LogP contribution is -2.57. The van der Waals surface area contributed by atoms with E-state index in [0.717, 1.165) is 23.7 Å². The van der Waals surface area contributed by atoms with Crippen molar-refractivity contribution in [3.05, 3.63) is 24.7 Å². The maximum atomic E-state index is 14.2. The van der Waals surface area contributed by atoms with E-state index in [1.54, 1.807) is 23.3 Å². The van der Waals surface area contributed by atoms with Gasteiger partial charge in [0.2, 0.25) is 0 Å². The van der Waals surface area contributed by atoms with Crippen LogP contribution < -0.4 is 5.32 Å². The molecule has 3 aromatic heterocycles. The zero-order valence-corrected chi connectivity index (χ0v) is 20.1. The van der Waals surface area contributed by atoms with Crippen LogP contribution >= 0.6 is 0 Å². The summed E-state index contributed by atoms with van der Waals surface area (Å²) < 4.78 is 15.9. The number of likely N-dealkylation sites (tertiary alicyclic amines) is 1. The molecule has 5 rings (SSSR count). The lowest BCUT2D eigenvalue weighted by Gasteiger charge is -2.46. The number of nitrogens with one attached hydrogen (secondary N) is 2. The van der Waals surface area contributed by atoms with Crippen LogP contribution in [0, 0.1) is 5.92 Å². The molecule has 4 heterocycles. The van der Waals surface area contributed by atoms with Crippen LogP contribution in [0.5, 0.6) is 0 Å². The summed E-state index contributed by atoms with van der Waals surface area (Å²) >= 11 is 0.